The standard InChI is InChI=1S/C16H22N4P2/c1-17(2)21-19(15-11-7-5-8-12-15)22(18(3)4)20(21)16-13-9-6-10-14-16/h5-14H,1-4H3. The van der Waals surface area contributed by atoms with Crippen LogP contribution < -0.4 is 8.88 Å². The van der Waals surface area contributed by atoms with Crippen LogP contribution in [-0.4, -0.2) is 37.5 Å². The zero-order valence-electron chi connectivity index (χ0n) is 13.5. The van der Waals surface area contributed by atoms with Crippen molar-refractivity contribution in [1.82, 2.24) is 9.34 Å². The highest BCUT2D eigenvalue weighted by atomic mass is 31.3. The first-order valence-electron chi connectivity index (χ1n) is 7.26. The van der Waals surface area contributed by atoms with Crippen LogP contribution in [0.1, 0.15) is 0 Å². The largest absolute Gasteiger partial charge is 0.269 e. The average molecular weight is 332 g/mol. The lowest BCUT2D eigenvalue weighted by Crippen LogP contribution is -2.46. The van der Waals surface area contributed by atoms with Crippen molar-refractivity contribution in [2.75, 3.05) is 37.1 Å². The maximum atomic E-state index is 2.57. The van der Waals surface area contributed by atoms with Crippen LogP contribution in [0.2, 0.25) is 0 Å². The number of anilines is 2. The second kappa shape index (κ2) is 6.52. The van der Waals surface area contributed by atoms with E-state index < -0.39 is 16.7 Å². The summed E-state index contributed by atoms with van der Waals surface area (Å²) in [4.78, 5) is 0. The molecule has 1 aliphatic rings. The Morgan fingerprint density at radius 2 is 0.909 bits per heavy atom. The SMILES string of the molecule is CN(C)P1N(c2ccccc2)P(N(C)C)N1c1ccccc1. The van der Waals surface area contributed by atoms with Crippen LogP contribution in [0.3, 0.4) is 0 Å². The van der Waals surface area contributed by atoms with Crippen LogP contribution in [0, 0.1) is 0 Å². The monoisotopic (exact) mass is 332 g/mol. The van der Waals surface area contributed by atoms with Gasteiger partial charge in [0.2, 0.25) is 0 Å². The quantitative estimate of drug-likeness (QED) is 0.759. The molecule has 0 aliphatic carbocycles. The summed E-state index contributed by atoms with van der Waals surface area (Å²) in [5, 5.41) is 0. The lowest BCUT2D eigenvalue weighted by molar-refractivity contribution is 0.646. The van der Waals surface area contributed by atoms with E-state index in [1.165, 1.54) is 11.4 Å². The van der Waals surface area contributed by atoms with Gasteiger partial charge in [0, 0.05) is 11.4 Å². The van der Waals surface area contributed by atoms with E-state index in [0.29, 0.717) is 0 Å². The Bertz CT molecular complexity index is 543. The van der Waals surface area contributed by atoms with Crippen LogP contribution in [0.15, 0.2) is 60.7 Å². The molecule has 0 unspecified atom stereocenters. The fourth-order valence-corrected chi connectivity index (χ4v) is 9.03. The van der Waals surface area contributed by atoms with E-state index in [0.717, 1.165) is 0 Å². The van der Waals surface area contributed by atoms with Gasteiger partial charge >= 0.3 is 0 Å². The van der Waals surface area contributed by atoms with Gasteiger partial charge in [-0.3, -0.25) is 18.2 Å². The highest BCUT2D eigenvalue weighted by Gasteiger charge is 2.51. The van der Waals surface area contributed by atoms with E-state index in [1.807, 2.05) is 0 Å². The number of hydrogen-bond donors (Lipinski definition) is 0. The average Bonchev–Trinajstić information content (AvgIpc) is 2.47. The molecule has 1 heterocycles. The third-order valence-electron chi connectivity index (χ3n) is 3.37. The number of benzene rings is 2. The van der Waals surface area contributed by atoms with Gasteiger partial charge in [0.15, 0.2) is 16.7 Å². The Morgan fingerprint density at radius 3 is 1.18 bits per heavy atom. The third kappa shape index (κ3) is 2.73. The first-order valence-corrected chi connectivity index (χ1v) is 9.66. The molecular weight excluding hydrogens is 310 g/mol. The molecule has 0 spiro atoms. The van der Waals surface area contributed by atoms with Gasteiger partial charge in [0.05, 0.1) is 0 Å². The number of para-hydroxylation sites is 2. The molecule has 22 heavy (non-hydrogen) atoms. The normalized spacial score (nSPS) is 21.4. The molecule has 0 aromatic heterocycles. The van der Waals surface area contributed by atoms with Gasteiger partial charge in [0.25, 0.3) is 0 Å². The number of nitrogens with zero attached hydrogens (tertiary/aromatic N) is 4. The van der Waals surface area contributed by atoms with Gasteiger partial charge in [-0.05, 0) is 52.5 Å². The van der Waals surface area contributed by atoms with E-state index in [2.05, 4.69) is 107 Å². The molecule has 0 radical (unpaired) electrons. The Balaban J connectivity index is 2.00. The highest BCUT2D eigenvalue weighted by Crippen LogP contribution is 2.79. The molecule has 116 valence electrons. The van der Waals surface area contributed by atoms with E-state index in [1.54, 1.807) is 0 Å². The number of hydrogen-bond acceptors (Lipinski definition) is 4. The van der Waals surface area contributed by atoms with Crippen LogP contribution >= 0.6 is 16.7 Å². The summed E-state index contributed by atoms with van der Waals surface area (Å²) in [5.74, 6) is 0. The molecule has 1 fully saturated rings. The second-order valence-electron chi connectivity index (χ2n) is 5.48. The second-order valence-corrected chi connectivity index (χ2v) is 10.4. The minimum Gasteiger partial charge on any atom is -0.269 e. The van der Waals surface area contributed by atoms with Crippen molar-refractivity contribution in [2.24, 2.45) is 0 Å². The fourth-order valence-electron chi connectivity index (χ4n) is 2.49. The van der Waals surface area contributed by atoms with Crippen molar-refractivity contribution in [3.05, 3.63) is 60.7 Å². The topological polar surface area (TPSA) is 13.0 Å². The molecule has 4 nitrogen and oxygen atoms in total. The minimum absolute atomic E-state index is 0.521. The lowest BCUT2D eigenvalue weighted by Gasteiger charge is -2.60. The van der Waals surface area contributed by atoms with Gasteiger partial charge in [-0.1, -0.05) is 36.4 Å². The van der Waals surface area contributed by atoms with Crippen molar-refractivity contribution < 1.29 is 0 Å². The molecule has 0 atom stereocenters. The van der Waals surface area contributed by atoms with Gasteiger partial charge in [0.1, 0.15) is 0 Å². The highest BCUT2D eigenvalue weighted by molar-refractivity contribution is 7.93. The maximum Gasteiger partial charge on any atom is 0.189 e. The van der Waals surface area contributed by atoms with E-state index in [-0.39, 0.29) is 0 Å². The van der Waals surface area contributed by atoms with Crippen LogP contribution in [0.4, 0.5) is 11.4 Å². The summed E-state index contributed by atoms with van der Waals surface area (Å²) in [6, 6.07) is 21.5. The van der Waals surface area contributed by atoms with E-state index in [4.69, 9.17) is 0 Å². The zero-order chi connectivity index (χ0) is 15.7. The molecule has 3 rings (SSSR count). The molecule has 0 saturated carbocycles. The first-order chi connectivity index (χ1) is 10.6. The molecule has 6 heteroatoms. The molecule has 0 bridgehead atoms. The summed E-state index contributed by atoms with van der Waals surface area (Å²) in [6.45, 7) is 0. The fraction of sp³-hybridized carbons (Fsp3) is 0.250. The summed E-state index contributed by atoms with van der Waals surface area (Å²) in [6.07, 6.45) is 0. The summed E-state index contributed by atoms with van der Waals surface area (Å²) in [7, 11) is 7.62. The van der Waals surface area contributed by atoms with Gasteiger partial charge in [-0.2, -0.15) is 0 Å². The van der Waals surface area contributed by atoms with Crippen molar-refractivity contribution in [2.45, 2.75) is 0 Å². The van der Waals surface area contributed by atoms with Crippen molar-refractivity contribution in [3.8, 4) is 0 Å². The smallest absolute Gasteiger partial charge is 0.189 e. The molecule has 0 amide bonds. The van der Waals surface area contributed by atoms with E-state index in [9.17, 15) is 0 Å². The van der Waals surface area contributed by atoms with Crippen LogP contribution in [-0.2, 0) is 0 Å². The van der Waals surface area contributed by atoms with Crippen LogP contribution in [0.25, 0.3) is 0 Å². The molecule has 1 aliphatic heterocycles. The molecule has 2 aromatic carbocycles. The zero-order valence-corrected chi connectivity index (χ0v) is 15.2. The van der Waals surface area contributed by atoms with Gasteiger partial charge in [-0.25, -0.2) is 0 Å². The van der Waals surface area contributed by atoms with E-state index >= 15 is 0 Å². The van der Waals surface area contributed by atoms with Gasteiger partial charge < -0.3 is 0 Å². The third-order valence-corrected chi connectivity index (χ3v) is 9.00. The predicted octanol–water partition coefficient (Wildman–Crippen LogP) is 4.59. The maximum absolute atomic E-state index is 2.57. The summed E-state index contributed by atoms with van der Waals surface area (Å²) in [5.41, 5.74) is 2.60. The van der Waals surface area contributed by atoms with Crippen molar-refractivity contribution in [1.29, 1.82) is 0 Å². The Kier molecular flexibility index (Phi) is 4.65. The summed E-state index contributed by atoms with van der Waals surface area (Å²) >= 11 is 0. The Hall–Kier alpha value is -1.18. The van der Waals surface area contributed by atoms with Crippen molar-refractivity contribution >= 4 is 28.1 Å². The predicted molar refractivity (Wildman–Crippen MR) is 99.1 cm³/mol. The molecule has 1 saturated heterocycles. The molecule has 0 N–H and O–H groups in total. The Morgan fingerprint density at radius 1 is 0.591 bits per heavy atom. The molecule has 2 aromatic rings. The first kappa shape index (κ1) is 15.7. The number of rotatable bonds is 4. The van der Waals surface area contributed by atoms with Crippen molar-refractivity contribution in [3.63, 3.8) is 0 Å². The lowest BCUT2D eigenvalue weighted by atomic mass is 10.3. The van der Waals surface area contributed by atoms with Gasteiger partial charge in [-0.15, -0.1) is 0 Å². The summed E-state index contributed by atoms with van der Waals surface area (Å²) < 4.78 is 9.80. The molecular formula is C16H22N4P2. The Labute approximate surface area is 135 Å². The minimum atomic E-state index is -0.521. The van der Waals surface area contributed by atoms with Crippen LogP contribution in [0.5, 0.6) is 0 Å².